The van der Waals surface area contributed by atoms with Crippen molar-refractivity contribution in [3.8, 4) is 11.5 Å². The normalized spacial score (nSPS) is 10.2. The number of para-hydroxylation sites is 2. The number of ether oxygens (including phenoxy) is 2. The zero-order valence-electron chi connectivity index (χ0n) is 11.0. The van der Waals surface area contributed by atoms with E-state index in [4.69, 9.17) is 15.2 Å². The minimum absolute atomic E-state index is 0.620. The van der Waals surface area contributed by atoms with Crippen LogP contribution in [-0.4, -0.2) is 18.7 Å². The zero-order valence-corrected chi connectivity index (χ0v) is 11.0. The first-order valence-corrected chi connectivity index (χ1v) is 6.25. The Morgan fingerprint density at radius 3 is 2.68 bits per heavy atom. The molecule has 0 fully saturated rings. The zero-order chi connectivity index (χ0) is 13.5. The second-order valence-electron chi connectivity index (χ2n) is 4.18. The minimum atomic E-state index is 0.620. The number of nitrogens with zero attached hydrogens (tertiary/aromatic N) is 1. The maximum absolute atomic E-state index is 5.86. The quantitative estimate of drug-likeness (QED) is 0.809. The summed E-state index contributed by atoms with van der Waals surface area (Å²) in [6.45, 7) is 0.620. The first kappa shape index (κ1) is 13.2. The van der Waals surface area contributed by atoms with Crippen LogP contribution in [0.1, 0.15) is 12.0 Å². The van der Waals surface area contributed by atoms with Gasteiger partial charge in [0.2, 0.25) is 0 Å². The molecule has 1 aromatic heterocycles. The van der Waals surface area contributed by atoms with Gasteiger partial charge in [0.05, 0.1) is 13.7 Å². The number of benzene rings is 1. The minimum Gasteiger partial charge on any atom is -0.493 e. The molecule has 2 aromatic rings. The first-order valence-electron chi connectivity index (χ1n) is 6.25. The van der Waals surface area contributed by atoms with Crippen molar-refractivity contribution in [1.29, 1.82) is 0 Å². The number of nitrogens with two attached hydrogens (primary N) is 1. The lowest BCUT2D eigenvalue weighted by Crippen LogP contribution is -2.02. The number of rotatable bonds is 6. The highest BCUT2D eigenvalue weighted by Crippen LogP contribution is 2.25. The first-order chi connectivity index (χ1) is 9.31. The highest BCUT2D eigenvalue weighted by molar-refractivity contribution is 5.44. The molecule has 0 spiro atoms. The number of hydrogen-bond acceptors (Lipinski definition) is 4. The molecule has 4 heteroatoms. The number of pyridine rings is 1. The fraction of sp³-hybridized carbons (Fsp3) is 0.267. The van der Waals surface area contributed by atoms with E-state index in [1.165, 1.54) is 0 Å². The molecule has 0 radical (unpaired) electrons. The van der Waals surface area contributed by atoms with Crippen molar-refractivity contribution in [2.45, 2.75) is 12.8 Å². The van der Waals surface area contributed by atoms with Gasteiger partial charge >= 0.3 is 0 Å². The third kappa shape index (κ3) is 3.61. The van der Waals surface area contributed by atoms with Gasteiger partial charge in [-0.15, -0.1) is 0 Å². The van der Waals surface area contributed by atoms with Gasteiger partial charge < -0.3 is 15.2 Å². The van der Waals surface area contributed by atoms with Crippen molar-refractivity contribution in [2.75, 3.05) is 19.5 Å². The lowest BCUT2D eigenvalue weighted by molar-refractivity contribution is 0.289. The molecule has 100 valence electrons. The summed E-state index contributed by atoms with van der Waals surface area (Å²) >= 11 is 0. The van der Waals surface area contributed by atoms with Crippen LogP contribution in [0.3, 0.4) is 0 Å². The van der Waals surface area contributed by atoms with E-state index in [2.05, 4.69) is 4.98 Å². The largest absolute Gasteiger partial charge is 0.493 e. The van der Waals surface area contributed by atoms with E-state index in [0.29, 0.717) is 6.61 Å². The SMILES string of the molecule is COc1ccccc1OCCCc1cnccc1N. The van der Waals surface area contributed by atoms with Gasteiger partial charge in [-0.05, 0) is 36.6 Å². The third-order valence-electron chi connectivity index (χ3n) is 2.86. The molecule has 0 aliphatic rings. The van der Waals surface area contributed by atoms with Crippen molar-refractivity contribution in [2.24, 2.45) is 0 Å². The number of aryl methyl sites for hydroxylation is 1. The van der Waals surface area contributed by atoms with Crippen molar-refractivity contribution >= 4 is 5.69 Å². The highest BCUT2D eigenvalue weighted by atomic mass is 16.5. The lowest BCUT2D eigenvalue weighted by atomic mass is 10.1. The molecule has 0 aliphatic heterocycles. The second kappa shape index (κ2) is 6.64. The molecule has 2 N–H and O–H groups in total. The van der Waals surface area contributed by atoms with Gasteiger partial charge in [0.1, 0.15) is 0 Å². The van der Waals surface area contributed by atoms with Crippen molar-refractivity contribution in [3.63, 3.8) is 0 Å². The average molecular weight is 258 g/mol. The van der Waals surface area contributed by atoms with Crippen LogP contribution in [0, 0.1) is 0 Å². The smallest absolute Gasteiger partial charge is 0.161 e. The van der Waals surface area contributed by atoms with Gasteiger partial charge in [0, 0.05) is 18.1 Å². The van der Waals surface area contributed by atoms with Crippen molar-refractivity contribution in [3.05, 3.63) is 48.3 Å². The van der Waals surface area contributed by atoms with Crippen LogP contribution in [-0.2, 0) is 6.42 Å². The molecular weight excluding hydrogens is 240 g/mol. The molecule has 0 amide bonds. The molecular formula is C15H18N2O2. The van der Waals surface area contributed by atoms with E-state index in [9.17, 15) is 0 Å². The predicted molar refractivity (Wildman–Crippen MR) is 75.5 cm³/mol. The Morgan fingerprint density at radius 1 is 1.16 bits per heavy atom. The fourth-order valence-electron chi connectivity index (χ4n) is 1.83. The van der Waals surface area contributed by atoms with Crippen LogP contribution >= 0.6 is 0 Å². The van der Waals surface area contributed by atoms with Gasteiger partial charge in [-0.1, -0.05) is 12.1 Å². The molecule has 0 atom stereocenters. The summed E-state index contributed by atoms with van der Waals surface area (Å²) in [6, 6.07) is 9.45. The highest BCUT2D eigenvalue weighted by Gasteiger charge is 2.03. The Bertz CT molecular complexity index is 529. The Morgan fingerprint density at radius 2 is 1.95 bits per heavy atom. The molecule has 0 saturated carbocycles. The lowest BCUT2D eigenvalue weighted by Gasteiger charge is -2.10. The number of methoxy groups -OCH3 is 1. The number of hydrogen-bond donors (Lipinski definition) is 1. The second-order valence-corrected chi connectivity index (χ2v) is 4.18. The summed E-state index contributed by atoms with van der Waals surface area (Å²) < 4.78 is 10.9. The van der Waals surface area contributed by atoms with E-state index < -0.39 is 0 Å². The number of anilines is 1. The molecule has 4 nitrogen and oxygen atoms in total. The molecule has 1 aromatic carbocycles. The van der Waals surface area contributed by atoms with Crippen LogP contribution in [0.2, 0.25) is 0 Å². The fourth-order valence-corrected chi connectivity index (χ4v) is 1.83. The molecule has 0 aliphatic carbocycles. The van der Waals surface area contributed by atoms with Gasteiger partial charge in [0.25, 0.3) is 0 Å². The monoisotopic (exact) mass is 258 g/mol. The van der Waals surface area contributed by atoms with Crippen molar-refractivity contribution < 1.29 is 9.47 Å². The Hall–Kier alpha value is -2.23. The Balaban J connectivity index is 1.83. The molecule has 19 heavy (non-hydrogen) atoms. The van der Waals surface area contributed by atoms with E-state index in [-0.39, 0.29) is 0 Å². The topological polar surface area (TPSA) is 57.4 Å². The van der Waals surface area contributed by atoms with E-state index in [1.54, 1.807) is 19.5 Å². The molecule has 0 bridgehead atoms. The van der Waals surface area contributed by atoms with Crippen molar-refractivity contribution in [1.82, 2.24) is 4.98 Å². The van der Waals surface area contributed by atoms with Gasteiger partial charge in [-0.2, -0.15) is 0 Å². The van der Waals surface area contributed by atoms with Crippen LogP contribution in [0.25, 0.3) is 0 Å². The average Bonchev–Trinajstić information content (AvgIpc) is 2.45. The van der Waals surface area contributed by atoms with E-state index in [1.807, 2.05) is 30.3 Å². The molecule has 1 heterocycles. The third-order valence-corrected chi connectivity index (χ3v) is 2.86. The summed E-state index contributed by atoms with van der Waals surface area (Å²) in [6.07, 6.45) is 5.24. The van der Waals surface area contributed by atoms with Crippen LogP contribution < -0.4 is 15.2 Å². The maximum atomic E-state index is 5.86. The summed E-state index contributed by atoms with van der Waals surface area (Å²) in [5.41, 5.74) is 7.70. The molecule has 0 unspecified atom stereocenters. The van der Waals surface area contributed by atoms with E-state index >= 15 is 0 Å². The standard InChI is InChI=1S/C15H18N2O2/c1-18-14-6-2-3-7-15(14)19-10-4-5-12-11-17-9-8-13(12)16/h2-3,6-9,11H,4-5,10H2,1H3,(H2,16,17). The van der Waals surface area contributed by atoms with Gasteiger partial charge in [-0.3, -0.25) is 4.98 Å². The van der Waals surface area contributed by atoms with Crippen LogP contribution in [0.15, 0.2) is 42.7 Å². The molecule has 2 rings (SSSR count). The summed E-state index contributed by atoms with van der Waals surface area (Å²) in [5, 5.41) is 0. The number of nitrogen functional groups attached to an aromatic ring is 1. The van der Waals surface area contributed by atoms with E-state index in [0.717, 1.165) is 35.6 Å². The van der Waals surface area contributed by atoms with Crippen LogP contribution in [0.4, 0.5) is 5.69 Å². The van der Waals surface area contributed by atoms with Gasteiger partial charge in [-0.25, -0.2) is 0 Å². The Labute approximate surface area is 113 Å². The van der Waals surface area contributed by atoms with Crippen LogP contribution in [0.5, 0.6) is 11.5 Å². The molecule has 0 saturated heterocycles. The maximum Gasteiger partial charge on any atom is 0.161 e. The summed E-state index contributed by atoms with van der Waals surface area (Å²) in [7, 11) is 1.64. The summed E-state index contributed by atoms with van der Waals surface area (Å²) in [5.74, 6) is 1.52. The summed E-state index contributed by atoms with van der Waals surface area (Å²) in [4.78, 5) is 4.07. The number of aromatic nitrogens is 1. The van der Waals surface area contributed by atoms with Gasteiger partial charge in [0.15, 0.2) is 11.5 Å². The Kier molecular flexibility index (Phi) is 4.61. The predicted octanol–water partition coefficient (Wildman–Crippen LogP) is 2.68.